The predicted octanol–water partition coefficient (Wildman–Crippen LogP) is 4.52. The highest BCUT2D eigenvalue weighted by atomic mass is 32.2. The van der Waals surface area contributed by atoms with Crippen LogP contribution >= 0.6 is 46.4 Å². The fourth-order valence-corrected chi connectivity index (χ4v) is 9.53. The highest BCUT2D eigenvalue weighted by Crippen LogP contribution is 2.43. The molecule has 4 heterocycles. The Balaban J connectivity index is 1.21. The maximum atomic E-state index is 14.1. The van der Waals surface area contributed by atoms with E-state index in [0.29, 0.717) is 21.4 Å². The molecular weight excluding hydrogens is 729 g/mol. The number of anilines is 1. The van der Waals surface area contributed by atoms with Crippen LogP contribution in [0.3, 0.4) is 0 Å². The van der Waals surface area contributed by atoms with Gasteiger partial charge in [-0.25, -0.2) is 4.79 Å². The van der Waals surface area contributed by atoms with Gasteiger partial charge < -0.3 is 21.0 Å². The maximum absolute atomic E-state index is 14.1. The lowest BCUT2D eigenvalue weighted by atomic mass is 9.80. The number of benzene rings is 3. The molecule has 1 saturated heterocycles. The Hall–Kier alpha value is -5.10. The smallest absolute Gasteiger partial charge is 0.352 e. The van der Waals surface area contributed by atoms with Crippen LogP contribution < -0.4 is 11.1 Å². The number of nitrogens with zero attached hydrogens (tertiary/aromatic N) is 6. The van der Waals surface area contributed by atoms with E-state index in [0.717, 1.165) is 33.2 Å². The summed E-state index contributed by atoms with van der Waals surface area (Å²) < 4.78 is 4.94. The van der Waals surface area contributed by atoms with Crippen LogP contribution in [0.15, 0.2) is 112 Å². The van der Waals surface area contributed by atoms with E-state index in [1.807, 2.05) is 97.9 Å². The Kier molecular flexibility index (Phi) is 9.86. The highest BCUT2D eigenvalue weighted by molar-refractivity contribution is 8.01. The molecule has 2 aromatic heterocycles. The molecule has 51 heavy (non-hydrogen) atoms. The molecule has 0 bridgehead atoms. The summed E-state index contributed by atoms with van der Waals surface area (Å²) in [5.41, 5.74) is 7.01. The number of hydrogen-bond donors (Lipinski definition) is 3. The minimum Gasteiger partial charge on any atom is -0.477 e. The second kappa shape index (κ2) is 14.6. The maximum Gasteiger partial charge on any atom is 0.352 e. The molecule has 2 amide bonds. The molecule has 0 aliphatic carbocycles. The molecule has 3 aromatic carbocycles. The van der Waals surface area contributed by atoms with E-state index in [2.05, 4.69) is 30.0 Å². The summed E-state index contributed by atoms with van der Waals surface area (Å²) in [5, 5.41) is 25.7. The molecule has 0 spiro atoms. The van der Waals surface area contributed by atoms with Crippen molar-refractivity contribution in [3.63, 3.8) is 0 Å². The molecule has 0 saturated carbocycles. The number of carboxylic acids is 1. The first-order valence-electron chi connectivity index (χ1n) is 15.4. The number of fused-ring (bicyclic) bond motifs is 1. The second-order valence-corrected chi connectivity index (χ2v) is 15.6. The van der Waals surface area contributed by atoms with Crippen LogP contribution in [0.25, 0.3) is 0 Å². The summed E-state index contributed by atoms with van der Waals surface area (Å²) in [6, 6.07) is 27.4. The molecule has 258 valence electrons. The molecule has 1 fully saturated rings. The normalized spacial score (nSPS) is 17.5. The number of thioether (sulfide) groups is 2. The number of hydrogen-bond acceptors (Lipinski definition) is 14. The number of aromatic nitrogens is 4. The van der Waals surface area contributed by atoms with Gasteiger partial charge in [-0.1, -0.05) is 119 Å². The molecule has 5 aromatic rings. The Morgan fingerprint density at radius 3 is 2.14 bits per heavy atom. The standard InChI is InChI=1S/C34H28N8O5S4/c1-19-38-39-33(50-19)49-18-20-17-48-30-25(29(44)42(30)26(20)31(45)46)36-28(43)24(27-37-32(35)51-41-27)40-47-34(21-11-5-2-6-12-21,22-13-7-3-8-14-22)23-15-9-4-10-16-23/h2-16,25,30H,17-18H2,1H3,(H,36,43)(H,45,46)(H2,35,37,41)/t25?,30-/m0/s1. The molecule has 1 unspecified atom stereocenters. The van der Waals surface area contributed by atoms with Gasteiger partial charge in [0.1, 0.15) is 22.1 Å². The van der Waals surface area contributed by atoms with E-state index >= 15 is 0 Å². The van der Waals surface area contributed by atoms with Gasteiger partial charge in [0.05, 0.1) is 0 Å². The lowest BCUT2D eigenvalue weighted by Crippen LogP contribution is -2.71. The van der Waals surface area contributed by atoms with E-state index in [9.17, 15) is 19.5 Å². The number of nitrogens with one attached hydrogen (secondary N) is 1. The number of carbonyl (C=O) groups excluding carboxylic acids is 2. The zero-order valence-corrected chi connectivity index (χ0v) is 30.0. The van der Waals surface area contributed by atoms with Crippen LogP contribution in [0.2, 0.25) is 0 Å². The third kappa shape index (κ3) is 6.72. The topological polar surface area (TPSA) is 186 Å². The Labute approximate surface area is 308 Å². The first-order chi connectivity index (χ1) is 24.8. The van der Waals surface area contributed by atoms with Crippen LogP contribution in [-0.2, 0) is 24.8 Å². The van der Waals surface area contributed by atoms with Crippen LogP contribution in [0.4, 0.5) is 5.13 Å². The van der Waals surface area contributed by atoms with Crippen molar-refractivity contribution in [3.8, 4) is 0 Å². The molecule has 4 N–H and O–H groups in total. The lowest BCUT2D eigenvalue weighted by molar-refractivity contribution is -0.150. The monoisotopic (exact) mass is 756 g/mol. The molecular formula is C34H28N8O5S4. The molecule has 2 aliphatic rings. The summed E-state index contributed by atoms with van der Waals surface area (Å²) in [5.74, 6) is -1.99. The van der Waals surface area contributed by atoms with Gasteiger partial charge in [0.25, 0.3) is 11.8 Å². The number of carbonyl (C=O) groups is 3. The number of amides is 2. The molecule has 17 heteroatoms. The number of aliphatic carboxylic acids is 1. The van der Waals surface area contributed by atoms with E-state index in [1.54, 1.807) is 0 Å². The third-order valence-corrected chi connectivity index (χ3v) is 12.0. The molecule has 2 aliphatic heterocycles. The molecule has 7 rings (SSSR count). The molecule has 2 atom stereocenters. The van der Waals surface area contributed by atoms with Crippen molar-refractivity contribution in [2.75, 3.05) is 17.2 Å². The summed E-state index contributed by atoms with van der Waals surface area (Å²) in [4.78, 5) is 52.0. The largest absolute Gasteiger partial charge is 0.477 e. The average Bonchev–Trinajstić information content (AvgIpc) is 3.79. The number of nitrogen functional groups attached to an aromatic ring is 1. The number of carboxylic acid groups (broad SMARTS) is 1. The van der Waals surface area contributed by atoms with Crippen LogP contribution in [0.5, 0.6) is 0 Å². The fourth-order valence-electron chi connectivity index (χ4n) is 5.80. The number of β-lactam (4-membered cyclic amide) rings is 1. The number of oxime groups is 1. The first kappa shape index (κ1) is 34.4. The van der Waals surface area contributed by atoms with E-state index in [1.165, 1.54) is 39.8 Å². The van der Waals surface area contributed by atoms with Crippen molar-refractivity contribution in [3.05, 3.63) is 130 Å². The van der Waals surface area contributed by atoms with E-state index in [-0.39, 0.29) is 22.4 Å². The van der Waals surface area contributed by atoms with Gasteiger partial charge in [-0.05, 0) is 12.5 Å². The van der Waals surface area contributed by atoms with Gasteiger partial charge >= 0.3 is 5.97 Å². The van der Waals surface area contributed by atoms with Crippen molar-refractivity contribution < 1.29 is 24.3 Å². The first-order valence-corrected chi connectivity index (χ1v) is 19.0. The van der Waals surface area contributed by atoms with Crippen molar-refractivity contribution in [1.82, 2.24) is 29.8 Å². The van der Waals surface area contributed by atoms with Gasteiger partial charge in [-0.3, -0.25) is 14.5 Å². The quantitative estimate of drug-likeness (QED) is 0.0532. The third-order valence-electron chi connectivity index (χ3n) is 8.10. The number of rotatable bonds is 12. The summed E-state index contributed by atoms with van der Waals surface area (Å²) in [6.07, 6.45) is 0. The Morgan fingerprint density at radius 1 is 1.02 bits per heavy atom. The van der Waals surface area contributed by atoms with Crippen LogP contribution in [0.1, 0.15) is 27.5 Å². The molecule has 13 nitrogen and oxygen atoms in total. The van der Waals surface area contributed by atoms with Crippen molar-refractivity contribution in [1.29, 1.82) is 0 Å². The van der Waals surface area contributed by atoms with Crippen molar-refractivity contribution >= 4 is 75.0 Å². The van der Waals surface area contributed by atoms with Gasteiger partial charge in [-0.2, -0.15) is 9.36 Å². The van der Waals surface area contributed by atoms with Gasteiger partial charge in [0.2, 0.25) is 17.1 Å². The SMILES string of the molecule is Cc1nnc(SCC2=C(C(=O)O)N3C(=O)C(NC(=O)C(=NOC(c4ccccc4)(c4ccccc4)c4ccccc4)c4nsc(N)n4)[C@@H]3SC2)s1. The van der Waals surface area contributed by atoms with E-state index < -0.39 is 34.8 Å². The summed E-state index contributed by atoms with van der Waals surface area (Å²) in [6.45, 7) is 1.84. The van der Waals surface area contributed by atoms with Gasteiger partial charge in [-0.15, -0.1) is 22.0 Å². The average molecular weight is 757 g/mol. The zero-order chi connectivity index (χ0) is 35.5. The Bertz CT molecular complexity index is 2050. The number of aryl methyl sites for hydroxylation is 1. The minimum atomic E-state index is -1.32. The predicted molar refractivity (Wildman–Crippen MR) is 196 cm³/mol. The minimum absolute atomic E-state index is 0.0876. The summed E-state index contributed by atoms with van der Waals surface area (Å²) in [7, 11) is 0. The van der Waals surface area contributed by atoms with Crippen molar-refractivity contribution in [2.24, 2.45) is 5.16 Å². The lowest BCUT2D eigenvalue weighted by Gasteiger charge is -2.49. The second-order valence-electron chi connectivity index (χ2n) is 11.3. The molecule has 0 radical (unpaired) electrons. The Morgan fingerprint density at radius 2 is 1.63 bits per heavy atom. The van der Waals surface area contributed by atoms with E-state index in [4.69, 9.17) is 10.6 Å². The van der Waals surface area contributed by atoms with Crippen molar-refractivity contribution in [2.45, 2.75) is 28.3 Å². The van der Waals surface area contributed by atoms with Crippen LogP contribution in [0, 0.1) is 6.92 Å². The van der Waals surface area contributed by atoms with Gasteiger partial charge in [0.15, 0.2) is 9.47 Å². The van der Waals surface area contributed by atoms with Crippen LogP contribution in [-0.4, -0.2) is 76.0 Å². The van der Waals surface area contributed by atoms with Gasteiger partial charge in [0, 0.05) is 39.7 Å². The summed E-state index contributed by atoms with van der Waals surface area (Å²) >= 11 is 5.01. The zero-order valence-electron chi connectivity index (χ0n) is 26.7. The number of nitrogens with two attached hydrogens (primary N) is 1. The highest BCUT2D eigenvalue weighted by Gasteiger charge is 2.54. The fraction of sp³-hybridized carbons (Fsp3) is 0.176.